The lowest BCUT2D eigenvalue weighted by molar-refractivity contribution is 0.0495. The molecule has 1 heterocycles. The fourth-order valence-corrected chi connectivity index (χ4v) is 1.47. The van der Waals surface area contributed by atoms with Crippen molar-refractivity contribution in [2.24, 2.45) is 5.73 Å². The summed E-state index contributed by atoms with van der Waals surface area (Å²) in [5, 5.41) is 3.37. The molecule has 1 fully saturated rings. The standard InChI is InChI=1S/C9H20N2O/c1-7(2)11-6-9-4-3-8(5-10)12-9/h7-9,11H,3-6,10H2,1-2H3. The minimum absolute atomic E-state index is 0.309. The average molecular weight is 172 g/mol. The predicted molar refractivity (Wildman–Crippen MR) is 50.1 cm³/mol. The maximum atomic E-state index is 5.67. The molecule has 0 aromatic heterocycles. The van der Waals surface area contributed by atoms with E-state index >= 15 is 0 Å². The molecule has 3 heteroatoms. The molecular formula is C9H20N2O. The largest absolute Gasteiger partial charge is 0.372 e. The fourth-order valence-electron chi connectivity index (χ4n) is 1.47. The van der Waals surface area contributed by atoms with E-state index in [4.69, 9.17) is 10.5 Å². The number of ether oxygens (including phenoxy) is 1. The van der Waals surface area contributed by atoms with E-state index in [1.807, 2.05) is 0 Å². The molecule has 0 aromatic carbocycles. The summed E-state index contributed by atoms with van der Waals surface area (Å²) in [4.78, 5) is 0. The highest BCUT2D eigenvalue weighted by molar-refractivity contribution is 4.76. The van der Waals surface area contributed by atoms with Crippen molar-refractivity contribution in [1.82, 2.24) is 5.32 Å². The predicted octanol–water partition coefficient (Wildman–Crippen LogP) is 0.491. The number of hydrogen-bond acceptors (Lipinski definition) is 3. The normalized spacial score (nSPS) is 30.0. The van der Waals surface area contributed by atoms with Crippen LogP contribution >= 0.6 is 0 Å². The van der Waals surface area contributed by atoms with Crippen LogP contribution in [0.3, 0.4) is 0 Å². The SMILES string of the molecule is CC(C)NCC1CCC(CN)O1. The second kappa shape index (κ2) is 4.80. The molecule has 0 aliphatic carbocycles. The van der Waals surface area contributed by atoms with Crippen molar-refractivity contribution in [3.63, 3.8) is 0 Å². The molecule has 0 amide bonds. The van der Waals surface area contributed by atoms with Gasteiger partial charge in [-0.2, -0.15) is 0 Å². The first kappa shape index (κ1) is 9.96. The Morgan fingerprint density at radius 3 is 2.58 bits per heavy atom. The van der Waals surface area contributed by atoms with E-state index in [0.29, 0.717) is 24.8 Å². The first-order valence-electron chi connectivity index (χ1n) is 4.81. The molecule has 1 rings (SSSR count). The first-order chi connectivity index (χ1) is 5.72. The third kappa shape index (κ3) is 3.09. The van der Waals surface area contributed by atoms with Gasteiger partial charge in [0.15, 0.2) is 0 Å². The van der Waals surface area contributed by atoms with E-state index in [1.165, 1.54) is 0 Å². The Kier molecular flexibility index (Phi) is 3.98. The van der Waals surface area contributed by atoms with Gasteiger partial charge >= 0.3 is 0 Å². The lowest BCUT2D eigenvalue weighted by atomic mass is 10.2. The van der Waals surface area contributed by atoms with Crippen molar-refractivity contribution >= 4 is 0 Å². The van der Waals surface area contributed by atoms with Gasteiger partial charge in [-0.3, -0.25) is 0 Å². The molecule has 3 nitrogen and oxygen atoms in total. The summed E-state index contributed by atoms with van der Waals surface area (Å²) in [5.41, 5.74) is 5.51. The lowest BCUT2D eigenvalue weighted by Crippen LogP contribution is -2.32. The zero-order chi connectivity index (χ0) is 8.97. The Hall–Kier alpha value is -0.120. The molecule has 2 atom stereocenters. The molecule has 1 aliphatic rings. The van der Waals surface area contributed by atoms with Crippen LogP contribution in [0.15, 0.2) is 0 Å². The van der Waals surface area contributed by atoms with Crippen LogP contribution in [-0.2, 0) is 4.74 Å². The third-order valence-electron chi connectivity index (χ3n) is 2.21. The van der Waals surface area contributed by atoms with Gasteiger partial charge in [-0.05, 0) is 12.8 Å². The van der Waals surface area contributed by atoms with Crippen molar-refractivity contribution < 1.29 is 4.74 Å². The monoisotopic (exact) mass is 172 g/mol. The van der Waals surface area contributed by atoms with E-state index in [0.717, 1.165) is 19.4 Å². The van der Waals surface area contributed by atoms with Gasteiger partial charge in [-0.25, -0.2) is 0 Å². The summed E-state index contributed by atoms with van der Waals surface area (Å²) in [6.45, 7) is 5.93. The van der Waals surface area contributed by atoms with Gasteiger partial charge in [0, 0.05) is 19.1 Å². The molecule has 72 valence electrons. The van der Waals surface area contributed by atoms with Crippen LogP contribution < -0.4 is 11.1 Å². The highest BCUT2D eigenvalue weighted by Crippen LogP contribution is 2.17. The van der Waals surface area contributed by atoms with E-state index in [2.05, 4.69) is 19.2 Å². The lowest BCUT2D eigenvalue weighted by Gasteiger charge is -2.14. The Bertz CT molecular complexity index is 128. The van der Waals surface area contributed by atoms with E-state index < -0.39 is 0 Å². The van der Waals surface area contributed by atoms with Crippen molar-refractivity contribution in [2.75, 3.05) is 13.1 Å². The number of rotatable bonds is 4. The van der Waals surface area contributed by atoms with Crippen LogP contribution in [-0.4, -0.2) is 31.3 Å². The van der Waals surface area contributed by atoms with Crippen LogP contribution in [0.5, 0.6) is 0 Å². The van der Waals surface area contributed by atoms with Gasteiger partial charge < -0.3 is 15.8 Å². The number of nitrogens with one attached hydrogen (secondary N) is 1. The van der Waals surface area contributed by atoms with Crippen LogP contribution in [0.25, 0.3) is 0 Å². The quantitative estimate of drug-likeness (QED) is 0.649. The Morgan fingerprint density at radius 1 is 1.42 bits per heavy atom. The topological polar surface area (TPSA) is 47.3 Å². The van der Waals surface area contributed by atoms with Gasteiger partial charge in [0.2, 0.25) is 0 Å². The Morgan fingerprint density at radius 2 is 2.08 bits per heavy atom. The number of nitrogens with two attached hydrogens (primary N) is 1. The number of hydrogen-bond donors (Lipinski definition) is 2. The van der Waals surface area contributed by atoms with Crippen LogP contribution in [0, 0.1) is 0 Å². The smallest absolute Gasteiger partial charge is 0.0704 e. The van der Waals surface area contributed by atoms with E-state index in [1.54, 1.807) is 0 Å². The molecule has 0 bridgehead atoms. The molecule has 1 saturated heterocycles. The molecule has 3 N–H and O–H groups in total. The minimum atomic E-state index is 0.309. The summed E-state index contributed by atoms with van der Waals surface area (Å²) in [6, 6.07) is 0.547. The van der Waals surface area contributed by atoms with Gasteiger partial charge in [-0.1, -0.05) is 13.8 Å². The van der Waals surface area contributed by atoms with E-state index in [9.17, 15) is 0 Å². The summed E-state index contributed by atoms with van der Waals surface area (Å²) in [7, 11) is 0. The van der Waals surface area contributed by atoms with Crippen molar-refractivity contribution in [1.29, 1.82) is 0 Å². The van der Waals surface area contributed by atoms with Gasteiger partial charge in [0.1, 0.15) is 0 Å². The van der Waals surface area contributed by atoms with Crippen LogP contribution in [0.2, 0.25) is 0 Å². The van der Waals surface area contributed by atoms with Gasteiger partial charge in [-0.15, -0.1) is 0 Å². The van der Waals surface area contributed by atoms with Crippen LogP contribution in [0.1, 0.15) is 26.7 Å². The zero-order valence-corrected chi connectivity index (χ0v) is 8.05. The van der Waals surface area contributed by atoms with E-state index in [-0.39, 0.29) is 0 Å². The molecule has 0 spiro atoms. The molecule has 0 aromatic rings. The molecular weight excluding hydrogens is 152 g/mol. The van der Waals surface area contributed by atoms with Crippen molar-refractivity contribution in [3.8, 4) is 0 Å². The van der Waals surface area contributed by atoms with Crippen LogP contribution in [0.4, 0.5) is 0 Å². The van der Waals surface area contributed by atoms with Crippen molar-refractivity contribution in [2.45, 2.75) is 44.9 Å². The van der Waals surface area contributed by atoms with Crippen molar-refractivity contribution in [3.05, 3.63) is 0 Å². The average Bonchev–Trinajstić information content (AvgIpc) is 2.48. The zero-order valence-electron chi connectivity index (χ0n) is 8.05. The first-order valence-corrected chi connectivity index (χ1v) is 4.81. The maximum Gasteiger partial charge on any atom is 0.0704 e. The third-order valence-corrected chi connectivity index (χ3v) is 2.21. The Balaban J connectivity index is 2.11. The van der Waals surface area contributed by atoms with Gasteiger partial charge in [0.25, 0.3) is 0 Å². The summed E-state index contributed by atoms with van der Waals surface area (Å²) >= 11 is 0. The second-order valence-corrected chi connectivity index (χ2v) is 3.76. The fraction of sp³-hybridized carbons (Fsp3) is 1.00. The highest BCUT2D eigenvalue weighted by atomic mass is 16.5. The summed E-state index contributed by atoms with van der Waals surface area (Å²) in [5.74, 6) is 0. The van der Waals surface area contributed by atoms with Gasteiger partial charge in [0.05, 0.1) is 12.2 Å². The molecule has 12 heavy (non-hydrogen) atoms. The maximum absolute atomic E-state index is 5.67. The summed E-state index contributed by atoms with van der Waals surface area (Å²) < 4.78 is 5.67. The highest BCUT2D eigenvalue weighted by Gasteiger charge is 2.23. The molecule has 0 radical (unpaired) electrons. The Labute approximate surface area is 74.7 Å². The minimum Gasteiger partial charge on any atom is -0.372 e. The second-order valence-electron chi connectivity index (χ2n) is 3.76. The molecule has 2 unspecified atom stereocenters. The summed E-state index contributed by atoms with van der Waals surface area (Å²) in [6.07, 6.45) is 2.98. The molecule has 1 aliphatic heterocycles. The molecule has 0 saturated carbocycles.